The van der Waals surface area contributed by atoms with Gasteiger partial charge in [0.1, 0.15) is 0 Å². The van der Waals surface area contributed by atoms with Gasteiger partial charge in [-0.15, -0.1) is 0 Å². The maximum atomic E-state index is 11.7. The van der Waals surface area contributed by atoms with E-state index in [-0.39, 0.29) is 18.0 Å². The first-order chi connectivity index (χ1) is 7.65. The molecule has 1 aliphatic rings. The standard InChI is InChI=1S/C11H22N2O2S/c1-8(9-3-5-15-7-9)13-11(14)10(12)4-6-16-2/h8-10H,3-7,12H2,1-2H3,(H,13,14)/t8?,9?,10-/m1/s1. The van der Waals surface area contributed by atoms with E-state index in [1.165, 1.54) is 0 Å². The molecule has 0 aromatic rings. The van der Waals surface area contributed by atoms with Crippen LogP contribution in [0.3, 0.4) is 0 Å². The molecule has 3 atom stereocenters. The van der Waals surface area contributed by atoms with Gasteiger partial charge in [0.15, 0.2) is 0 Å². The van der Waals surface area contributed by atoms with Crippen molar-refractivity contribution in [2.75, 3.05) is 25.2 Å². The number of rotatable bonds is 6. The summed E-state index contributed by atoms with van der Waals surface area (Å²) in [5.41, 5.74) is 5.79. The number of carbonyl (C=O) groups excluding carboxylic acids is 1. The Hall–Kier alpha value is -0.260. The van der Waals surface area contributed by atoms with Crippen molar-refractivity contribution < 1.29 is 9.53 Å². The molecule has 94 valence electrons. The predicted octanol–water partition coefficient (Wildman–Crippen LogP) is 0.608. The van der Waals surface area contributed by atoms with Gasteiger partial charge in [-0.2, -0.15) is 11.8 Å². The van der Waals surface area contributed by atoms with Gasteiger partial charge in [0.2, 0.25) is 5.91 Å². The van der Waals surface area contributed by atoms with Crippen LogP contribution >= 0.6 is 11.8 Å². The molecule has 0 aliphatic carbocycles. The third-order valence-electron chi connectivity index (χ3n) is 3.01. The maximum absolute atomic E-state index is 11.7. The van der Waals surface area contributed by atoms with Crippen LogP contribution in [0.1, 0.15) is 19.8 Å². The van der Waals surface area contributed by atoms with Crippen LogP contribution in [0.4, 0.5) is 0 Å². The summed E-state index contributed by atoms with van der Waals surface area (Å²) in [6, 6.07) is -0.215. The van der Waals surface area contributed by atoms with Crippen LogP contribution in [0.15, 0.2) is 0 Å². The first-order valence-corrected chi connectivity index (χ1v) is 7.17. The Morgan fingerprint density at radius 3 is 3.00 bits per heavy atom. The lowest BCUT2D eigenvalue weighted by molar-refractivity contribution is -0.123. The van der Waals surface area contributed by atoms with Crippen molar-refractivity contribution in [3.05, 3.63) is 0 Å². The SMILES string of the molecule is CSCC[C@@H](N)C(=O)NC(C)C1CCOC1. The van der Waals surface area contributed by atoms with Crippen molar-refractivity contribution in [3.8, 4) is 0 Å². The molecule has 0 aromatic heterocycles. The molecule has 0 aromatic carbocycles. The highest BCUT2D eigenvalue weighted by atomic mass is 32.2. The lowest BCUT2D eigenvalue weighted by Gasteiger charge is -2.21. The number of nitrogens with two attached hydrogens (primary N) is 1. The Morgan fingerprint density at radius 1 is 1.69 bits per heavy atom. The molecule has 16 heavy (non-hydrogen) atoms. The van der Waals surface area contributed by atoms with Crippen molar-refractivity contribution in [3.63, 3.8) is 0 Å². The molecule has 1 aliphatic heterocycles. The van der Waals surface area contributed by atoms with Gasteiger partial charge < -0.3 is 15.8 Å². The van der Waals surface area contributed by atoms with E-state index in [9.17, 15) is 4.79 Å². The molecule has 0 radical (unpaired) electrons. The van der Waals surface area contributed by atoms with E-state index >= 15 is 0 Å². The van der Waals surface area contributed by atoms with Gasteiger partial charge >= 0.3 is 0 Å². The molecule has 4 nitrogen and oxygen atoms in total. The average Bonchev–Trinajstić information content (AvgIpc) is 2.79. The quantitative estimate of drug-likeness (QED) is 0.720. The predicted molar refractivity (Wildman–Crippen MR) is 67.5 cm³/mol. The summed E-state index contributed by atoms with van der Waals surface area (Å²) in [6.07, 6.45) is 3.78. The fraction of sp³-hybridized carbons (Fsp3) is 0.909. The smallest absolute Gasteiger partial charge is 0.237 e. The Kier molecular flexibility index (Phi) is 6.16. The normalized spacial score (nSPS) is 24.1. The van der Waals surface area contributed by atoms with Crippen LogP contribution < -0.4 is 11.1 Å². The second-order valence-corrected chi connectivity index (χ2v) is 5.29. The van der Waals surface area contributed by atoms with Crippen LogP contribution in [0, 0.1) is 5.92 Å². The molecule has 0 saturated carbocycles. The number of nitrogens with one attached hydrogen (secondary N) is 1. The van der Waals surface area contributed by atoms with E-state index in [0.29, 0.717) is 5.92 Å². The number of ether oxygens (including phenoxy) is 1. The van der Waals surface area contributed by atoms with E-state index in [0.717, 1.165) is 31.8 Å². The number of hydrogen-bond acceptors (Lipinski definition) is 4. The summed E-state index contributed by atoms with van der Waals surface area (Å²) in [5, 5.41) is 2.98. The lowest BCUT2D eigenvalue weighted by atomic mass is 10.0. The van der Waals surface area contributed by atoms with E-state index in [1.807, 2.05) is 13.2 Å². The van der Waals surface area contributed by atoms with Crippen LogP contribution in [0.25, 0.3) is 0 Å². The highest BCUT2D eigenvalue weighted by molar-refractivity contribution is 7.98. The topological polar surface area (TPSA) is 64.4 Å². The summed E-state index contributed by atoms with van der Waals surface area (Å²) in [4.78, 5) is 11.7. The van der Waals surface area contributed by atoms with Crippen LogP contribution in [-0.2, 0) is 9.53 Å². The summed E-state index contributed by atoms with van der Waals surface area (Å²) in [7, 11) is 0. The van der Waals surface area contributed by atoms with Crippen molar-refractivity contribution >= 4 is 17.7 Å². The summed E-state index contributed by atoms with van der Waals surface area (Å²) < 4.78 is 5.30. The van der Waals surface area contributed by atoms with Crippen LogP contribution in [-0.4, -0.2) is 43.2 Å². The Balaban J connectivity index is 2.26. The molecule has 1 amide bonds. The minimum Gasteiger partial charge on any atom is -0.381 e. The Bertz CT molecular complexity index is 220. The van der Waals surface area contributed by atoms with Gasteiger partial charge in [-0.05, 0) is 31.8 Å². The fourth-order valence-corrected chi connectivity index (χ4v) is 2.26. The van der Waals surface area contributed by atoms with E-state index < -0.39 is 0 Å². The lowest BCUT2D eigenvalue weighted by Crippen LogP contribution is -2.47. The van der Waals surface area contributed by atoms with Crippen LogP contribution in [0.2, 0.25) is 0 Å². The highest BCUT2D eigenvalue weighted by Crippen LogP contribution is 2.16. The van der Waals surface area contributed by atoms with Gasteiger partial charge in [-0.1, -0.05) is 0 Å². The average molecular weight is 246 g/mol. The fourth-order valence-electron chi connectivity index (χ4n) is 1.77. The van der Waals surface area contributed by atoms with Crippen molar-refractivity contribution in [1.82, 2.24) is 5.32 Å². The second kappa shape index (κ2) is 7.14. The second-order valence-electron chi connectivity index (χ2n) is 4.31. The number of thioether (sulfide) groups is 1. The minimum atomic E-state index is -0.378. The van der Waals surface area contributed by atoms with Gasteiger partial charge in [0.05, 0.1) is 12.6 Å². The van der Waals surface area contributed by atoms with Gasteiger partial charge in [-0.3, -0.25) is 4.79 Å². The molecular weight excluding hydrogens is 224 g/mol. The van der Waals surface area contributed by atoms with Crippen molar-refractivity contribution in [2.45, 2.75) is 31.8 Å². The first kappa shape index (κ1) is 13.8. The van der Waals surface area contributed by atoms with Gasteiger partial charge in [-0.25, -0.2) is 0 Å². The molecule has 5 heteroatoms. The Labute approximate surface area is 102 Å². The molecule has 0 spiro atoms. The molecule has 1 heterocycles. The molecule has 1 fully saturated rings. The number of amides is 1. The summed E-state index contributed by atoms with van der Waals surface area (Å²) in [5.74, 6) is 1.33. The van der Waals surface area contributed by atoms with Crippen molar-refractivity contribution in [2.24, 2.45) is 11.7 Å². The number of hydrogen-bond donors (Lipinski definition) is 2. The Morgan fingerprint density at radius 2 is 2.44 bits per heavy atom. The molecule has 1 rings (SSSR count). The molecule has 1 saturated heterocycles. The number of carbonyl (C=O) groups is 1. The minimum absolute atomic E-state index is 0.0338. The zero-order valence-electron chi connectivity index (χ0n) is 10.1. The van der Waals surface area contributed by atoms with E-state index in [2.05, 4.69) is 5.32 Å². The molecule has 2 unspecified atom stereocenters. The first-order valence-electron chi connectivity index (χ1n) is 5.77. The van der Waals surface area contributed by atoms with E-state index in [1.54, 1.807) is 11.8 Å². The third kappa shape index (κ3) is 4.31. The third-order valence-corrected chi connectivity index (χ3v) is 3.66. The van der Waals surface area contributed by atoms with Crippen molar-refractivity contribution in [1.29, 1.82) is 0 Å². The van der Waals surface area contributed by atoms with E-state index in [4.69, 9.17) is 10.5 Å². The zero-order chi connectivity index (χ0) is 12.0. The largest absolute Gasteiger partial charge is 0.381 e. The maximum Gasteiger partial charge on any atom is 0.237 e. The van der Waals surface area contributed by atoms with Gasteiger partial charge in [0.25, 0.3) is 0 Å². The van der Waals surface area contributed by atoms with Crippen LogP contribution in [0.5, 0.6) is 0 Å². The molecule has 0 bridgehead atoms. The molecular formula is C11H22N2O2S. The summed E-state index contributed by atoms with van der Waals surface area (Å²) >= 11 is 1.71. The zero-order valence-corrected chi connectivity index (χ0v) is 10.9. The monoisotopic (exact) mass is 246 g/mol. The molecule has 3 N–H and O–H groups in total. The highest BCUT2D eigenvalue weighted by Gasteiger charge is 2.24. The summed E-state index contributed by atoms with van der Waals surface area (Å²) in [6.45, 7) is 3.59. The van der Waals surface area contributed by atoms with Gasteiger partial charge in [0, 0.05) is 18.6 Å².